The van der Waals surface area contributed by atoms with Crippen LogP contribution in [0.2, 0.25) is 0 Å². The molecule has 3 heterocycles. The zero-order valence-electron chi connectivity index (χ0n) is 11.0. The van der Waals surface area contributed by atoms with E-state index in [1.54, 1.807) is 12.4 Å². The first-order chi connectivity index (χ1) is 9.35. The number of rotatable bonds is 4. The molecule has 6 heteroatoms. The van der Waals surface area contributed by atoms with Gasteiger partial charge < -0.3 is 14.2 Å². The van der Waals surface area contributed by atoms with Crippen LogP contribution in [-0.4, -0.2) is 32.8 Å². The van der Waals surface area contributed by atoms with E-state index < -0.39 is 0 Å². The average Bonchev–Trinajstić information content (AvgIpc) is 3.09. The molecule has 0 saturated carbocycles. The summed E-state index contributed by atoms with van der Waals surface area (Å²) in [7, 11) is 0. The maximum absolute atomic E-state index is 5.68. The van der Waals surface area contributed by atoms with Crippen molar-refractivity contribution in [3.05, 3.63) is 18.3 Å². The molecule has 19 heavy (non-hydrogen) atoms. The molecule has 2 aromatic rings. The Balaban J connectivity index is 1.64. The summed E-state index contributed by atoms with van der Waals surface area (Å²) in [4.78, 5) is 11.5. The lowest BCUT2D eigenvalue weighted by Gasteiger charge is -2.27. The van der Waals surface area contributed by atoms with Gasteiger partial charge in [-0.3, -0.25) is 0 Å². The van der Waals surface area contributed by atoms with Gasteiger partial charge in [0.25, 0.3) is 0 Å². The molecular weight excluding hydrogens is 244 g/mol. The lowest BCUT2D eigenvalue weighted by atomic mass is 9.91. The van der Waals surface area contributed by atoms with Crippen LogP contribution in [0.1, 0.15) is 32.1 Å². The van der Waals surface area contributed by atoms with Gasteiger partial charge in [0, 0.05) is 25.4 Å². The molecule has 1 saturated heterocycles. The van der Waals surface area contributed by atoms with Crippen molar-refractivity contribution in [3.63, 3.8) is 0 Å². The maximum atomic E-state index is 5.68. The predicted octanol–water partition coefficient (Wildman–Crippen LogP) is 2.21. The monoisotopic (exact) mass is 262 g/mol. The van der Waals surface area contributed by atoms with E-state index in [0.29, 0.717) is 29.6 Å². The summed E-state index contributed by atoms with van der Waals surface area (Å²) in [6.07, 6.45) is 7.84. The number of imidazole rings is 1. The first-order valence-corrected chi connectivity index (χ1v) is 6.79. The number of aromatic amines is 1. The fourth-order valence-corrected chi connectivity index (χ4v) is 2.50. The molecule has 102 valence electrons. The molecule has 1 aliphatic rings. The molecule has 0 aliphatic carbocycles. The molecule has 0 spiro atoms. The van der Waals surface area contributed by atoms with Gasteiger partial charge in [-0.25, -0.2) is 4.98 Å². The van der Waals surface area contributed by atoms with E-state index in [4.69, 9.17) is 9.26 Å². The van der Waals surface area contributed by atoms with Gasteiger partial charge in [-0.15, -0.1) is 0 Å². The lowest BCUT2D eigenvalue weighted by molar-refractivity contribution is -0.0115. The summed E-state index contributed by atoms with van der Waals surface area (Å²) in [5.41, 5.74) is 0. The summed E-state index contributed by atoms with van der Waals surface area (Å²) in [5.74, 6) is 2.43. The van der Waals surface area contributed by atoms with Gasteiger partial charge >= 0.3 is 0 Å². The van der Waals surface area contributed by atoms with Crippen molar-refractivity contribution in [3.8, 4) is 11.6 Å². The van der Waals surface area contributed by atoms with Crippen LogP contribution in [0.4, 0.5) is 0 Å². The highest BCUT2D eigenvalue weighted by Gasteiger charge is 2.23. The highest BCUT2D eigenvalue weighted by molar-refractivity contribution is 5.40. The van der Waals surface area contributed by atoms with Crippen LogP contribution < -0.4 is 0 Å². The Hall–Kier alpha value is -1.69. The fourth-order valence-electron chi connectivity index (χ4n) is 2.50. The van der Waals surface area contributed by atoms with Gasteiger partial charge in [0.1, 0.15) is 0 Å². The number of nitrogens with zero attached hydrogens (tertiary/aromatic N) is 3. The largest absolute Gasteiger partial charge is 0.378 e. The SMILES string of the molecule is CC[C@H]1C[C@H](Cc2nc(-c3ncc[nH]3)no2)CCO1. The molecule has 3 rings (SSSR count). The molecular formula is C13H18N4O2. The molecule has 1 N–H and O–H groups in total. The van der Waals surface area contributed by atoms with Gasteiger partial charge in [0.05, 0.1) is 6.10 Å². The second-order valence-corrected chi connectivity index (χ2v) is 4.95. The van der Waals surface area contributed by atoms with Crippen LogP contribution in [0, 0.1) is 5.92 Å². The number of hydrogen-bond donors (Lipinski definition) is 1. The first-order valence-electron chi connectivity index (χ1n) is 6.79. The van der Waals surface area contributed by atoms with Crippen LogP contribution in [0.5, 0.6) is 0 Å². The number of aromatic nitrogens is 4. The first kappa shape index (κ1) is 12.3. The molecule has 1 fully saturated rings. The minimum atomic E-state index is 0.381. The average molecular weight is 262 g/mol. The highest BCUT2D eigenvalue weighted by Crippen LogP contribution is 2.25. The zero-order chi connectivity index (χ0) is 13.1. The van der Waals surface area contributed by atoms with Crippen molar-refractivity contribution >= 4 is 0 Å². The summed E-state index contributed by atoms with van der Waals surface area (Å²) in [6.45, 7) is 3.00. The Morgan fingerprint density at radius 1 is 1.47 bits per heavy atom. The van der Waals surface area contributed by atoms with E-state index in [9.17, 15) is 0 Å². The van der Waals surface area contributed by atoms with Gasteiger partial charge in [-0.2, -0.15) is 4.98 Å². The van der Waals surface area contributed by atoms with Crippen molar-refractivity contribution in [1.29, 1.82) is 0 Å². The molecule has 0 unspecified atom stereocenters. The molecule has 6 nitrogen and oxygen atoms in total. The second kappa shape index (κ2) is 5.52. The second-order valence-electron chi connectivity index (χ2n) is 4.95. The molecule has 0 radical (unpaired) electrons. The van der Waals surface area contributed by atoms with Crippen molar-refractivity contribution in [2.24, 2.45) is 5.92 Å². The van der Waals surface area contributed by atoms with Crippen LogP contribution in [0.25, 0.3) is 11.6 Å². The van der Waals surface area contributed by atoms with Crippen molar-refractivity contribution in [1.82, 2.24) is 20.1 Å². The maximum Gasteiger partial charge on any atom is 0.238 e. The van der Waals surface area contributed by atoms with E-state index in [1.165, 1.54) is 0 Å². The Labute approximate surface area is 111 Å². The fraction of sp³-hybridized carbons (Fsp3) is 0.615. The summed E-state index contributed by atoms with van der Waals surface area (Å²) >= 11 is 0. The Morgan fingerprint density at radius 2 is 2.42 bits per heavy atom. The standard InChI is InChI=1S/C13H18N4O2/c1-2-10-7-9(3-6-18-10)8-11-16-13(17-19-11)12-14-4-5-15-12/h4-5,9-10H,2-3,6-8H2,1H3,(H,14,15)/t9-,10+/m1/s1. The zero-order valence-corrected chi connectivity index (χ0v) is 11.0. The third-order valence-corrected chi connectivity index (χ3v) is 3.57. The minimum absolute atomic E-state index is 0.381. The van der Waals surface area contributed by atoms with Crippen LogP contribution in [0.15, 0.2) is 16.9 Å². The topological polar surface area (TPSA) is 76.8 Å². The normalized spacial score (nSPS) is 23.6. The van der Waals surface area contributed by atoms with E-state index in [-0.39, 0.29) is 0 Å². The van der Waals surface area contributed by atoms with Gasteiger partial charge in [-0.1, -0.05) is 12.1 Å². The van der Waals surface area contributed by atoms with Gasteiger partial charge in [0.2, 0.25) is 11.7 Å². The predicted molar refractivity (Wildman–Crippen MR) is 68.3 cm³/mol. The third-order valence-electron chi connectivity index (χ3n) is 3.57. The number of ether oxygens (including phenoxy) is 1. The summed E-state index contributed by atoms with van der Waals surface area (Å²) in [6, 6.07) is 0. The highest BCUT2D eigenvalue weighted by atomic mass is 16.5. The number of hydrogen-bond acceptors (Lipinski definition) is 5. The van der Waals surface area contributed by atoms with Gasteiger partial charge in [0.15, 0.2) is 5.82 Å². The summed E-state index contributed by atoms with van der Waals surface area (Å²) < 4.78 is 11.0. The molecule has 2 aromatic heterocycles. The van der Waals surface area contributed by atoms with Crippen molar-refractivity contribution < 1.29 is 9.26 Å². The smallest absolute Gasteiger partial charge is 0.238 e. The molecule has 0 amide bonds. The van der Waals surface area contributed by atoms with E-state index >= 15 is 0 Å². The molecule has 0 aromatic carbocycles. The third kappa shape index (κ3) is 2.84. The Morgan fingerprint density at radius 3 is 3.21 bits per heavy atom. The number of nitrogens with one attached hydrogen (secondary N) is 1. The quantitative estimate of drug-likeness (QED) is 0.914. The Kier molecular flexibility index (Phi) is 3.59. The van der Waals surface area contributed by atoms with Crippen LogP contribution >= 0.6 is 0 Å². The van der Waals surface area contributed by atoms with Crippen LogP contribution in [0.3, 0.4) is 0 Å². The van der Waals surface area contributed by atoms with E-state index in [1.807, 2.05) is 0 Å². The molecule has 1 aliphatic heterocycles. The minimum Gasteiger partial charge on any atom is -0.378 e. The van der Waals surface area contributed by atoms with E-state index in [0.717, 1.165) is 32.3 Å². The lowest BCUT2D eigenvalue weighted by Crippen LogP contribution is -2.26. The summed E-state index contributed by atoms with van der Waals surface area (Å²) in [5, 5.41) is 3.95. The van der Waals surface area contributed by atoms with Crippen molar-refractivity contribution in [2.45, 2.75) is 38.7 Å². The van der Waals surface area contributed by atoms with Crippen molar-refractivity contribution in [2.75, 3.05) is 6.61 Å². The van der Waals surface area contributed by atoms with E-state index in [2.05, 4.69) is 27.0 Å². The van der Waals surface area contributed by atoms with Crippen LogP contribution in [-0.2, 0) is 11.2 Å². The molecule has 0 bridgehead atoms. The number of H-pyrrole nitrogens is 1. The Bertz CT molecular complexity index is 508. The van der Waals surface area contributed by atoms with Gasteiger partial charge in [-0.05, 0) is 25.2 Å². The molecule has 2 atom stereocenters.